The average molecular weight is 222 g/mol. The summed E-state index contributed by atoms with van der Waals surface area (Å²) in [5.41, 5.74) is 0.538. The second kappa shape index (κ2) is 4.65. The molecule has 1 aromatic heterocycles. The minimum Gasteiger partial charge on any atom is -0.340 e. The molecule has 1 N–H and O–H groups in total. The fourth-order valence-corrected chi connectivity index (χ4v) is 2.14. The first-order valence-corrected chi connectivity index (χ1v) is 5.72. The van der Waals surface area contributed by atoms with Crippen molar-refractivity contribution >= 4 is 5.91 Å². The van der Waals surface area contributed by atoms with E-state index in [2.05, 4.69) is 10.3 Å². The molecule has 1 unspecified atom stereocenters. The zero-order valence-electron chi connectivity index (χ0n) is 9.81. The highest BCUT2D eigenvalue weighted by molar-refractivity contribution is 5.92. The summed E-state index contributed by atoms with van der Waals surface area (Å²) in [4.78, 5) is 18.2. The zero-order chi connectivity index (χ0) is 11.5. The van der Waals surface area contributed by atoms with Crippen molar-refractivity contribution in [2.75, 3.05) is 19.6 Å². The summed E-state index contributed by atoms with van der Waals surface area (Å²) in [7, 11) is 1.87. The molecule has 1 aliphatic rings. The van der Waals surface area contributed by atoms with Crippen LogP contribution in [-0.4, -0.2) is 46.0 Å². The van der Waals surface area contributed by atoms with E-state index in [1.807, 2.05) is 18.9 Å². The molecule has 0 aliphatic carbocycles. The van der Waals surface area contributed by atoms with Crippen LogP contribution in [0.4, 0.5) is 0 Å². The Labute approximate surface area is 95.5 Å². The quantitative estimate of drug-likeness (QED) is 0.797. The highest BCUT2D eigenvalue weighted by Gasteiger charge is 2.26. The highest BCUT2D eigenvalue weighted by Crippen LogP contribution is 2.11. The maximum Gasteiger partial charge on any atom is 0.274 e. The van der Waals surface area contributed by atoms with Crippen LogP contribution in [0.1, 0.15) is 23.8 Å². The molecule has 2 rings (SSSR count). The molecule has 1 aromatic rings. The molecule has 16 heavy (non-hydrogen) atoms. The van der Waals surface area contributed by atoms with Crippen molar-refractivity contribution in [3.63, 3.8) is 0 Å². The van der Waals surface area contributed by atoms with Crippen LogP contribution < -0.4 is 5.32 Å². The van der Waals surface area contributed by atoms with Crippen LogP contribution in [0, 0.1) is 0 Å². The van der Waals surface area contributed by atoms with Crippen molar-refractivity contribution in [2.45, 2.75) is 19.4 Å². The van der Waals surface area contributed by atoms with Crippen molar-refractivity contribution in [3.05, 3.63) is 18.2 Å². The lowest BCUT2D eigenvalue weighted by Gasteiger charge is -2.26. The number of aryl methyl sites for hydroxylation is 1. The van der Waals surface area contributed by atoms with Crippen LogP contribution in [0.25, 0.3) is 0 Å². The number of imidazole rings is 1. The Bertz CT molecular complexity index is 368. The Morgan fingerprint density at radius 3 is 3.06 bits per heavy atom. The van der Waals surface area contributed by atoms with E-state index in [0.29, 0.717) is 11.7 Å². The van der Waals surface area contributed by atoms with Gasteiger partial charge in [-0.3, -0.25) is 4.79 Å². The summed E-state index contributed by atoms with van der Waals surface area (Å²) in [5, 5.41) is 3.28. The first-order chi connectivity index (χ1) is 7.72. The number of hydrogen-bond donors (Lipinski definition) is 1. The number of nitrogens with one attached hydrogen (secondary N) is 1. The molecule has 88 valence electrons. The van der Waals surface area contributed by atoms with Crippen LogP contribution in [-0.2, 0) is 7.05 Å². The molecule has 1 aliphatic heterocycles. The van der Waals surface area contributed by atoms with E-state index in [1.165, 1.54) is 0 Å². The Kier molecular flexibility index (Phi) is 3.24. The van der Waals surface area contributed by atoms with E-state index in [9.17, 15) is 4.79 Å². The predicted octanol–water partition coefficient (Wildman–Crippen LogP) is 0.244. The van der Waals surface area contributed by atoms with Gasteiger partial charge in [-0.05, 0) is 19.9 Å². The van der Waals surface area contributed by atoms with Gasteiger partial charge in [0.15, 0.2) is 0 Å². The fraction of sp³-hybridized carbons (Fsp3) is 0.636. The summed E-state index contributed by atoms with van der Waals surface area (Å²) in [6.07, 6.45) is 4.47. The maximum atomic E-state index is 12.2. The molecule has 1 fully saturated rings. The Morgan fingerprint density at radius 2 is 2.56 bits per heavy atom. The van der Waals surface area contributed by atoms with Crippen molar-refractivity contribution in [1.82, 2.24) is 19.8 Å². The Balaban J connectivity index is 2.11. The topological polar surface area (TPSA) is 50.2 Å². The number of carbonyl (C=O) groups is 1. The van der Waals surface area contributed by atoms with Gasteiger partial charge in [-0.2, -0.15) is 0 Å². The first-order valence-electron chi connectivity index (χ1n) is 5.72. The van der Waals surface area contributed by atoms with E-state index in [0.717, 1.165) is 26.1 Å². The van der Waals surface area contributed by atoms with Gasteiger partial charge in [0.25, 0.3) is 5.91 Å². The number of likely N-dealkylation sites (N-methyl/N-ethyl adjacent to an activating group) is 1. The van der Waals surface area contributed by atoms with Crippen LogP contribution in [0.5, 0.6) is 0 Å². The lowest BCUT2D eigenvalue weighted by molar-refractivity contribution is 0.0698. The number of nitrogens with zero attached hydrogens (tertiary/aromatic N) is 3. The minimum atomic E-state index is 0.0387. The van der Waals surface area contributed by atoms with E-state index < -0.39 is 0 Å². The standard InChI is InChI=1S/C11H18N4O/c1-3-15(9-4-5-12-6-9)11(16)10-7-14(2)8-13-10/h7-9,12H,3-6H2,1-2H3. The van der Waals surface area contributed by atoms with Crippen LogP contribution in [0.2, 0.25) is 0 Å². The van der Waals surface area contributed by atoms with Crippen LogP contribution in [0.15, 0.2) is 12.5 Å². The zero-order valence-corrected chi connectivity index (χ0v) is 9.81. The van der Waals surface area contributed by atoms with Crippen molar-refractivity contribution in [3.8, 4) is 0 Å². The van der Waals surface area contributed by atoms with Gasteiger partial charge in [0.05, 0.1) is 6.33 Å². The normalized spacial score (nSPS) is 20.0. The van der Waals surface area contributed by atoms with E-state index in [-0.39, 0.29) is 5.91 Å². The molecular formula is C11H18N4O. The second-order valence-corrected chi connectivity index (χ2v) is 4.16. The Morgan fingerprint density at radius 1 is 1.75 bits per heavy atom. The third-order valence-electron chi connectivity index (χ3n) is 3.00. The third kappa shape index (κ3) is 2.09. The second-order valence-electron chi connectivity index (χ2n) is 4.16. The molecule has 0 radical (unpaired) electrons. The predicted molar refractivity (Wildman–Crippen MR) is 61.2 cm³/mol. The van der Waals surface area contributed by atoms with Crippen LogP contribution in [0.3, 0.4) is 0 Å². The number of rotatable bonds is 3. The molecule has 0 spiro atoms. The SMILES string of the molecule is CCN(C(=O)c1cn(C)cn1)C1CCNC1. The molecule has 2 heterocycles. The third-order valence-corrected chi connectivity index (χ3v) is 3.00. The van der Waals surface area contributed by atoms with Gasteiger partial charge in [-0.1, -0.05) is 0 Å². The lowest BCUT2D eigenvalue weighted by Crippen LogP contribution is -2.41. The van der Waals surface area contributed by atoms with Crippen molar-refractivity contribution < 1.29 is 4.79 Å². The van der Waals surface area contributed by atoms with Gasteiger partial charge in [0.1, 0.15) is 5.69 Å². The molecule has 1 atom stereocenters. The largest absolute Gasteiger partial charge is 0.340 e. The van der Waals surface area contributed by atoms with Crippen molar-refractivity contribution in [1.29, 1.82) is 0 Å². The summed E-state index contributed by atoms with van der Waals surface area (Å²) >= 11 is 0. The Hall–Kier alpha value is -1.36. The minimum absolute atomic E-state index is 0.0387. The van der Waals surface area contributed by atoms with Crippen LogP contribution >= 0.6 is 0 Å². The average Bonchev–Trinajstić information content (AvgIpc) is 2.90. The summed E-state index contributed by atoms with van der Waals surface area (Å²) in [6.45, 7) is 4.64. The molecule has 5 nitrogen and oxygen atoms in total. The number of amides is 1. The number of hydrogen-bond acceptors (Lipinski definition) is 3. The van der Waals surface area contributed by atoms with Gasteiger partial charge in [0, 0.05) is 32.4 Å². The lowest BCUT2D eigenvalue weighted by atomic mass is 10.2. The summed E-state index contributed by atoms with van der Waals surface area (Å²) in [5.74, 6) is 0.0387. The first kappa shape index (κ1) is 11.1. The van der Waals surface area contributed by atoms with Gasteiger partial charge in [0.2, 0.25) is 0 Å². The molecule has 1 amide bonds. The fourth-order valence-electron chi connectivity index (χ4n) is 2.14. The molecule has 0 aromatic carbocycles. The van der Waals surface area contributed by atoms with E-state index in [4.69, 9.17) is 0 Å². The van der Waals surface area contributed by atoms with Gasteiger partial charge in [-0.25, -0.2) is 4.98 Å². The molecule has 0 saturated carbocycles. The molecular weight excluding hydrogens is 204 g/mol. The molecule has 1 saturated heterocycles. The monoisotopic (exact) mass is 222 g/mol. The van der Waals surface area contributed by atoms with E-state index in [1.54, 1.807) is 17.1 Å². The molecule has 5 heteroatoms. The summed E-state index contributed by atoms with van der Waals surface area (Å²) < 4.78 is 1.80. The summed E-state index contributed by atoms with van der Waals surface area (Å²) in [6, 6.07) is 0.319. The maximum absolute atomic E-state index is 12.2. The molecule has 0 bridgehead atoms. The van der Waals surface area contributed by atoms with Gasteiger partial charge in [-0.15, -0.1) is 0 Å². The highest BCUT2D eigenvalue weighted by atomic mass is 16.2. The van der Waals surface area contributed by atoms with E-state index >= 15 is 0 Å². The van der Waals surface area contributed by atoms with Crippen molar-refractivity contribution in [2.24, 2.45) is 7.05 Å². The number of carbonyl (C=O) groups excluding carboxylic acids is 1. The van der Waals surface area contributed by atoms with Gasteiger partial charge >= 0.3 is 0 Å². The van der Waals surface area contributed by atoms with Gasteiger partial charge < -0.3 is 14.8 Å². The smallest absolute Gasteiger partial charge is 0.274 e. The number of aromatic nitrogens is 2.